The highest BCUT2D eigenvalue weighted by Crippen LogP contribution is 2.22. The van der Waals surface area contributed by atoms with Crippen molar-refractivity contribution in [1.29, 1.82) is 0 Å². The van der Waals surface area contributed by atoms with Gasteiger partial charge in [0.2, 0.25) is 11.9 Å². The van der Waals surface area contributed by atoms with Gasteiger partial charge in [-0.25, -0.2) is 33.1 Å². The van der Waals surface area contributed by atoms with Gasteiger partial charge in [-0.3, -0.25) is 4.79 Å². The number of hydrogen-bond donors (Lipinski definition) is 2. The summed E-state index contributed by atoms with van der Waals surface area (Å²) in [5.41, 5.74) is 2.79. The molecule has 0 saturated heterocycles. The van der Waals surface area contributed by atoms with Crippen molar-refractivity contribution in [3.63, 3.8) is 0 Å². The molecule has 0 radical (unpaired) electrons. The van der Waals surface area contributed by atoms with Crippen LogP contribution in [0, 0.1) is 20.8 Å². The number of carbonyl (C=O) groups is 1. The standard InChI is InChI=1S/C20H22N6O3S2/c1-12-9-10-21-19(22-12)26-31(28,29)17-7-5-16(6-8-17)25-18(27)15(4)30-20-23-13(2)11-14(3)24-20/h5-11,15H,1-4H3,(H,25,27)(H,21,22,26). The number of benzene rings is 1. The molecular weight excluding hydrogens is 436 g/mol. The molecule has 3 rings (SSSR count). The van der Waals surface area contributed by atoms with Crippen LogP contribution in [0.4, 0.5) is 11.6 Å². The third-order valence-corrected chi connectivity index (χ3v) is 6.37. The van der Waals surface area contributed by atoms with Gasteiger partial charge >= 0.3 is 0 Å². The van der Waals surface area contributed by atoms with Crippen LogP contribution >= 0.6 is 11.8 Å². The summed E-state index contributed by atoms with van der Waals surface area (Å²) in [6, 6.07) is 9.38. The van der Waals surface area contributed by atoms with E-state index in [2.05, 4.69) is 30.0 Å². The van der Waals surface area contributed by atoms with Crippen molar-refractivity contribution in [3.05, 3.63) is 59.7 Å². The number of aryl methyl sites for hydroxylation is 3. The van der Waals surface area contributed by atoms with Crippen molar-refractivity contribution in [2.24, 2.45) is 0 Å². The average molecular weight is 459 g/mol. The highest BCUT2D eigenvalue weighted by atomic mass is 32.2. The zero-order chi connectivity index (χ0) is 22.6. The quantitative estimate of drug-likeness (QED) is 0.408. The molecule has 2 N–H and O–H groups in total. The second-order valence-corrected chi connectivity index (χ2v) is 9.82. The average Bonchev–Trinajstić information content (AvgIpc) is 2.67. The van der Waals surface area contributed by atoms with Crippen LogP contribution < -0.4 is 10.0 Å². The van der Waals surface area contributed by atoms with E-state index in [-0.39, 0.29) is 16.8 Å². The monoisotopic (exact) mass is 458 g/mol. The molecule has 2 heterocycles. The maximum absolute atomic E-state index is 12.5. The molecule has 2 aromatic heterocycles. The molecule has 9 nitrogen and oxygen atoms in total. The summed E-state index contributed by atoms with van der Waals surface area (Å²) in [5.74, 6) is -0.244. The lowest BCUT2D eigenvalue weighted by Crippen LogP contribution is -2.23. The van der Waals surface area contributed by atoms with E-state index in [9.17, 15) is 13.2 Å². The summed E-state index contributed by atoms with van der Waals surface area (Å²) in [4.78, 5) is 29.1. The first-order chi connectivity index (χ1) is 14.6. The Balaban J connectivity index is 1.64. The van der Waals surface area contributed by atoms with E-state index in [4.69, 9.17) is 0 Å². The summed E-state index contributed by atoms with van der Waals surface area (Å²) < 4.78 is 27.4. The SMILES string of the molecule is Cc1ccnc(NS(=O)(=O)c2ccc(NC(=O)C(C)Sc3nc(C)cc(C)n3)cc2)n1. The Morgan fingerprint density at radius 1 is 0.968 bits per heavy atom. The zero-order valence-corrected chi connectivity index (χ0v) is 19.1. The van der Waals surface area contributed by atoms with Gasteiger partial charge in [-0.05, 0) is 64.1 Å². The number of hydrogen-bond acceptors (Lipinski definition) is 8. The fraction of sp³-hybridized carbons (Fsp3) is 0.250. The lowest BCUT2D eigenvalue weighted by atomic mass is 10.3. The van der Waals surface area contributed by atoms with Crippen molar-refractivity contribution < 1.29 is 13.2 Å². The Hall–Kier alpha value is -3.05. The van der Waals surface area contributed by atoms with Crippen molar-refractivity contribution in [2.75, 3.05) is 10.0 Å². The molecule has 31 heavy (non-hydrogen) atoms. The lowest BCUT2D eigenvalue weighted by molar-refractivity contribution is -0.115. The molecule has 0 aliphatic heterocycles. The fourth-order valence-electron chi connectivity index (χ4n) is 2.60. The first-order valence-electron chi connectivity index (χ1n) is 9.35. The van der Waals surface area contributed by atoms with E-state index in [1.54, 1.807) is 19.9 Å². The maximum Gasteiger partial charge on any atom is 0.264 e. The van der Waals surface area contributed by atoms with Crippen molar-refractivity contribution in [1.82, 2.24) is 19.9 Å². The molecule has 0 bridgehead atoms. The Labute approximate surface area is 185 Å². The minimum Gasteiger partial charge on any atom is -0.325 e. The third kappa shape index (κ3) is 6.22. The van der Waals surface area contributed by atoms with E-state index >= 15 is 0 Å². The van der Waals surface area contributed by atoms with Gasteiger partial charge in [0, 0.05) is 29.0 Å². The number of sulfonamides is 1. The third-order valence-electron chi connectivity index (χ3n) is 4.07. The summed E-state index contributed by atoms with van der Waals surface area (Å²) in [6.45, 7) is 7.24. The van der Waals surface area contributed by atoms with Crippen LogP contribution in [-0.4, -0.2) is 39.5 Å². The molecule has 0 fully saturated rings. The molecule has 0 aliphatic rings. The van der Waals surface area contributed by atoms with Gasteiger partial charge in [0.1, 0.15) is 0 Å². The topological polar surface area (TPSA) is 127 Å². The smallest absolute Gasteiger partial charge is 0.264 e. The molecule has 0 aliphatic carbocycles. The van der Waals surface area contributed by atoms with E-state index in [0.29, 0.717) is 16.5 Å². The summed E-state index contributed by atoms with van der Waals surface area (Å²) in [6.07, 6.45) is 1.47. The van der Waals surface area contributed by atoms with E-state index in [1.165, 1.54) is 42.2 Å². The summed E-state index contributed by atoms with van der Waals surface area (Å²) in [5, 5.41) is 2.87. The molecule has 1 atom stereocenters. The van der Waals surface area contributed by atoms with E-state index in [1.807, 2.05) is 19.9 Å². The van der Waals surface area contributed by atoms with Gasteiger partial charge in [-0.2, -0.15) is 0 Å². The fourth-order valence-corrected chi connectivity index (χ4v) is 4.42. The van der Waals surface area contributed by atoms with Gasteiger partial charge in [0.15, 0.2) is 5.16 Å². The second-order valence-electron chi connectivity index (χ2n) is 6.83. The van der Waals surface area contributed by atoms with Crippen LogP contribution in [0.2, 0.25) is 0 Å². The lowest BCUT2D eigenvalue weighted by Gasteiger charge is -2.12. The Morgan fingerprint density at radius 3 is 2.23 bits per heavy atom. The first kappa shape index (κ1) is 22.6. The van der Waals surface area contributed by atoms with Gasteiger partial charge in [-0.15, -0.1) is 0 Å². The Bertz CT molecular complexity index is 1180. The predicted molar refractivity (Wildman–Crippen MR) is 119 cm³/mol. The predicted octanol–water partition coefficient (Wildman–Crippen LogP) is 3.11. The van der Waals surface area contributed by atoms with Crippen LogP contribution in [0.1, 0.15) is 24.0 Å². The second kappa shape index (κ2) is 9.40. The van der Waals surface area contributed by atoms with Crippen molar-refractivity contribution in [2.45, 2.75) is 43.0 Å². The molecule has 3 aromatic rings. The molecule has 0 spiro atoms. The maximum atomic E-state index is 12.5. The normalized spacial score (nSPS) is 12.3. The van der Waals surface area contributed by atoms with Crippen LogP contribution in [0.25, 0.3) is 0 Å². The zero-order valence-electron chi connectivity index (χ0n) is 17.4. The molecule has 1 aromatic carbocycles. The van der Waals surface area contributed by atoms with Crippen LogP contribution in [0.5, 0.6) is 0 Å². The largest absolute Gasteiger partial charge is 0.325 e. The highest BCUT2D eigenvalue weighted by molar-refractivity contribution is 8.00. The molecule has 1 unspecified atom stereocenters. The summed E-state index contributed by atoms with van der Waals surface area (Å²) in [7, 11) is -3.85. The minimum absolute atomic E-state index is 0.00293. The Kier molecular flexibility index (Phi) is 6.86. The number of nitrogens with zero attached hydrogens (tertiary/aromatic N) is 4. The number of nitrogens with one attached hydrogen (secondary N) is 2. The summed E-state index contributed by atoms with van der Waals surface area (Å²) >= 11 is 1.25. The van der Waals surface area contributed by atoms with Gasteiger partial charge in [0.05, 0.1) is 10.1 Å². The van der Waals surface area contributed by atoms with Crippen LogP contribution in [-0.2, 0) is 14.8 Å². The number of thioether (sulfide) groups is 1. The number of aromatic nitrogens is 4. The minimum atomic E-state index is -3.85. The number of rotatable bonds is 7. The Morgan fingerprint density at radius 2 is 1.61 bits per heavy atom. The molecule has 0 saturated carbocycles. The van der Waals surface area contributed by atoms with E-state index < -0.39 is 15.3 Å². The molecular formula is C20H22N6O3S2. The van der Waals surface area contributed by atoms with E-state index in [0.717, 1.165) is 11.4 Å². The number of amides is 1. The van der Waals surface area contributed by atoms with Gasteiger partial charge in [0.25, 0.3) is 10.0 Å². The van der Waals surface area contributed by atoms with Crippen LogP contribution in [0.3, 0.4) is 0 Å². The highest BCUT2D eigenvalue weighted by Gasteiger charge is 2.18. The van der Waals surface area contributed by atoms with Crippen molar-refractivity contribution >= 4 is 39.3 Å². The van der Waals surface area contributed by atoms with Gasteiger partial charge < -0.3 is 5.32 Å². The molecule has 1 amide bonds. The van der Waals surface area contributed by atoms with Crippen molar-refractivity contribution in [3.8, 4) is 0 Å². The molecule has 162 valence electrons. The van der Waals surface area contributed by atoms with Gasteiger partial charge in [-0.1, -0.05) is 11.8 Å². The first-order valence-corrected chi connectivity index (χ1v) is 11.7. The van der Waals surface area contributed by atoms with Crippen LogP contribution in [0.15, 0.2) is 52.6 Å². The number of carbonyl (C=O) groups excluding carboxylic acids is 1. The molecule has 11 heteroatoms. The number of anilines is 2.